The van der Waals surface area contributed by atoms with E-state index in [4.69, 9.17) is 35.4 Å². The van der Waals surface area contributed by atoms with Crippen molar-refractivity contribution >= 4 is 51.9 Å². The Balaban J connectivity index is 2.04. The summed E-state index contributed by atoms with van der Waals surface area (Å²) in [6.45, 7) is 0. The highest BCUT2D eigenvalue weighted by molar-refractivity contribution is 7.80. The summed E-state index contributed by atoms with van der Waals surface area (Å²) in [7, 11) is 0. The fourth-order valence-corrected chi connectivity index (χ4v) is 2.45. The number of thiocarbonyl (C=S) groups is 1. The summed E-state index contributed by atoms with van der Waals surface area (Å²) in [4.78, 5) is 0. The van der Waals surface area contributed by atoms with Crippen molar-refractivity contribution < 1.29 is 17.9 Å². The molecule has 23 heavy (non-hydrogen) atoms. The van der Waals surface area contributed by atoms with Crippen LogP contribution in [0.4, 0.5) is 24.5 Å². The number of ether oxygens (including phenoxy) is 1. The SMILES string of the molecule is FC(F)(F)Oc1cccc(NC(=S)Nc2cc(Cl)cc(Cl)c2)c1. The second-order valence-corrected chi connectivity index (χ2v) is 5.59. The minimum Gasteiger partial charge on any atom is -0.406 e. The van der Waals surface area contributed by atoms with Gasteiger partial charge in [0.05, 0.1) is 0 Å². The number of benzene rings is 2. The van der Waals surface area contributed by atoms with Crippen LogP contribution in [0, 0.1) is 0 Å². The molecule has 122 valence electrons. The van der Waals surface area contributed by atoms with E-state index >= 15 is 0 Å². The van der Waals surface area contributed by atoms with E-state index in [-0.39, 0.29) is 10.9 Å². The second-order valence-electron chi connectivity index (χ2n) is 4.31. The molecule has 2 N–H and O–H groups in total. The van der Waals surface area contributed by atoms with Crippen LogP contribution in [0.3, 0.4) is 0 Å². The molecular weight excluding hydrogens is 372 g/mol. The maximum atomic E-state index is 12.2. The van der Waals surface area contributed by atoms with E-state index in [2.05, 4.69) is 15.4 Å². The average molecular weight is 381 g/mol. The molecule has 3 nitrogen and oxygen atoms in total. The van der Waals surface area contributed by atoms with Gasteiger partial charge in [-0.15, -0.1) is 13.2 Å². The van der Waals surface area contributed by atoms with Crippen LogP contribution >= 0.6 is 35.4 Å². The molecule has 2 aromatic rings. The van der Waals surface area contributed by atoms with Gasteiger partial charge in [0.2, 0.25) is 0 Å². The van der Waals surface area contributed by atoms with E-state index in [0.717, 1.165) is 0 Å². The maximum absolute atomic E-state index is 12.2. The van der Waals surface area contributed by atoms with Crippen LogP contribution in [0.2, 0.25) is 10.0 Å². The zero-order chi connectivity index (χ0) is 17.0. The maximum Gasteiger partial charge on any atom is 0.573 e. The standard InChI is InChI=1S/C14H9Cl2F3N2OS/c15-8-4-9(16)6-11(5-8)21-13(23)20-10-2-1-3-12(7-10)22-14(17,18)19/h1-7H,(H2,20,21,23). The molecule has 0 atom stereocenters. The van der Waals surface area contributed by atoms with Gasteiger partial charge in [0.25, 0.3) is 0 Å². The summed E-state index contributed by atoms with van der Waals surface area (Å²) in [6, 6.07) is 10.1. The predicted molar refractivity (Wildman–Crippen MR) is 89.4 cm³/mol. The highest BCUT2D eigenvalue weighted by atomic mass is 35.5. The van der Waals surface area contributed by atoms with Crippen molar-refractivity contribution in [3.05, 3.63) is 52.5 Å². The third-order valence-electron chi connectivity index (χ3n) is 2.45. The number of halogens is 5. The normalized spacial score (nSPS) is 11.0. The van der Waals surface area contributed by atoms with E-state index in [9.17, 15) is 13.2 Å². The molecule has 0 bridgehead atoms. The van der Waals surface area contributed by atoms with E-state index < -0.39 is 6.36 Å². The molecule has 2 aromatic carbocycles. The Morgan fingerprint density at radius 2 is 1.57 bits per heavy atom. The van der Waals surface area contributed by atoms with Gasteiger partial charge < -0.3 is 15.4 Å². The molecule has 9 heteroatoms. The minimum atomic E-state index is -4.76. The van der Waals surface area contributed by atoms with Gasteiger partial charge in [0.15, 0.2) is 5.11 Å². The zero-order valence-electron chi connectivity index (χ0n) is 11.2. The highest BCUT2D eigenvalue weighted by Crippen LogP contribution is 2.26. The van der Waals surface area contributed by atoms with E-state index in [1.54, 1.807) is 24.3 Å². The Bertz CT molecular complexity index is 705. The Labute approximate surface area is 145 Å². The second kappa shape index (κ2) is 7.25. The van der Waals surface area contributed by atoms with Crippen molar-refractivity contribution in [3.8, 4) is 5.75 Å². The van der Waals surface area contributed by atoms with Crippen LogP contribution < -0.4 is 15.4 Å². The monoisotopic (exact) mass is 380 g/mol. The number of nitrogens with one attached hydrogen (secondary N) is 2. The molecular formula is C14H9Cl2F3N2OS. The first-order valence-electron chi connectivity index (χ1n) is 6.11. The van der Waals surface area contributed by atoms with Gasteiger partial charge >= 0.3 is 6.36 Å². The molecule has 0 spiro atoms. The quantitative estimate of drug-likeness (QED) is 0.669. The molecule has 0 saturated carbocycles. The number of hydrogen-bond donors (Lipinski definition) is 2. The number of hydrogen-bond acceptors (Lipinski definition) is 2. The van der Waals surface area contributed by atoms with Gasteiger partial charge in [-0.1, -0.05) is 29.3 Å². The first-order valence-corrected chi connectivity index (χ1v) is 7.27. The third-order valence-corrected chi connectivity index (χ3v) is 3.09. The zero-order valence-corrected chi connectivity index (χ0v) is 13.6. The molecule has 0 fully saturated rings. The topological polar surface area (TPSA) is 33.3 Å². The molecule has 0 heterocycles. The molecule has 0 aliphatic rings. The number of anilines is 2. The smallest absolute Gasteiger partial charge is 0.406 e. The van der Waals surface area contributed by atoms with Crippen molar-refractivity contribution in [3.63, 3.8) is 0 Å². The lowest BCUT2D eigenvalue weighted by molar-refractivity contribution is -0.274. The lowest BCUT2D eigenvalue weighted by atomic mass is 10.3. The molecule has 0 saturated heterocycles. The predicted octanol–water partition coefficient (Wildman–Crippen LogP) is 5.70. The van der Waals surface area contributed by atoms with Crippen molar-refractivity contribution in [1.29, 1.82) is 0 Å². The third kappa shape index (κ3) is 6.13. The fourth-order valence-electron chi connectivity index (χ4n) is 1.69. The van der Waals surface area contributed by atoms with Gasteiger partial charge in [-0.2, -0.15) is 0 Å². The number of rotatable bonds is 3. The van der Waals surface area contributed by atoms with Gasteiger partial charge in [0, 0.05) is 27.5 Å². The largest absolute Gasteiger partial charge is 0.573 e. The summed E-state index contributed by atoms with van der Waals surface area (Å²) < 4.78 is 40.4. The lowest BCUT2D eigenvalue weighted by Gasteiger charge is -2.13. The summed E-state index contributed by atoms with van der Waals surface area (Å²) >= 11 is 16.8. The van der Waals surface area contributed by atoms with Crippen LogP contribution in [0.5, 0.6) is 5.75 Å². The van der Waals surface area contributed by atoms with Crippen molar-refractivity contribution in [2.45, 2.75) is 6.36 Å². The summed E-state index contributed by atoms with van der Waals surface area (Å²) in [6.07, 6.45) is -4.76. The fraction of sp³-hybridized carbons (Fsp3) is 0.0714. The average Bonchev–Trinajstić information content (AvgIpc) is 2.35. The molecule has 0 unspecified atom stereocenters. The van der Waals surface area contributed by atoms with Crippen LogP contribution in [0.1, 0.15) is 0 Å². The Hall–Kier alpha value is -1.70. The van der Waals surface area contributed by atoms with E-state index in [1.807, 2.05) is 0 Å². The molecule has 0 radical (unpaired) electrons. The van der Waals surface area contributed by atoms with Gasteiger partial charge in [0.1, 0.15) is 5.75 Å². The first kappa shape index (κ1) is 17.7. The van der Waals surface area contributed by atoms with Crippen molar-refractivity contribution in [2.24, 2.45) is 0 Å². The van der Waals surface area contributed by atoms with Crippen molar-refractivity contribution in [1.82, 2.24) is 0 Å². The van der Waals surface area contributed by atoms with Gasteiger partial charge in [-0.05, 0) is 42.5 Å². The molecule has 2 rings (SSSR count). The van der Waals surface area contributed by atoms with Crippen LogP contribution in [0.15, 0.2) is 42.5 Å². The summed E-state index contributed by atoms with van der Waals surface area (Å²) in [5.41, 5.74) is 0.875. The van der Waals surface area contributed by atoms with Crippen LogP contribution in [-0.4, -0.2) is 11.5 Å². The van der Waals surface area contributed by atoms with E-state index in [1.165, 1.54) is 18.2 Å². The minimum absolute atomic E-state index is 0.160. The van der Waals surface area contributed by atoms with Gasteiger partial charge in [-0.25, -0.2) is 0 Å². The summed E-state index contributed by atoms with van der Waals surface area (Å²) in [5.74, 6) is -0.351. The Morgan fingerprint density at radius 1 is 0.957 bits per heavy atom. The van der Waals surface area contributed by atoms with Gasteiger partial charge in [-0.3, -0.25) is 0 Å². The van der Waals surface area contributed by atoms with Crippen LogP contribution in [0.25, 0.3) is 0 Å². The molecule has 0 aromatic heterocycles. The summed E-state index contributed by atoms with van der Waals surface area (Å²) in [5, 5.41) is 6.57. The number of alkyl halides is 3. The molecule has 0 aliphatic heterocycles. The Morgan fingerprint density at radius 3 is 2.17 bits per heavy atom. The van der Waals surface area contributed by atoms with E-state index in [0.29, 0.717) is 21.4 Å². The molecule has 0 amide bonds. The Kier molecular flexibility index (Phi) is 5.56. The first-order chi connectivity index (χ1) is 10.7. The molecule has 0 aliphatic carbocycles. The van der Waals surface area contributed by atoms with Crippen LogP contribution in [-0.2, 0) is 0 Å². The highest BCUT2D eigenvalue weighted by Gasteiger charge is 2.31. The van der Waals surface area contributed by atoms with Crippen molar-refractivity contribution in [2.75, 3.05) is 10.6 Å². The lowest BCUT2D eigenvalue weighted by Crippen LogP contribution is -2.20.